The third-order valence-electron chi connectivity index (χ3n) is 6.69. The SMILES string of the molecule is CCN1C(=O)c2cc(NC(=O)C3(c4ccc(Cl)cc4)CCCC3)ccc2Oc2ccccc21. The van der Waals surface area contributed by atoms with E-state index in [1.54, 1.807) is 23.1 Å². The number of carbonyl (C=O) groups is 2. The zero-order chi connectivity index (χ0) is 23.0. The highest BCUT2D eigenvalue weighted by Crippen LogP contribution is 2.43. The van der Waals surface area contributed by atoms with Crippen LogP contribution < -0.4 is 15.0 Å². The first kappa shape index (κ1) is 21.5. The fourth-order valence-electron chi connectivity index (χ4n) is 4.96. The quantitative estimate of drug-likeness (QED) is 0.479. The molecule has 1 saturated carbocycles. The molecular formula is C27H25ClN2O3. The minimum absolute atomic E-state index is 0.0557. The van der Waals surface area contributed by atoms with Crippen LogP contribution in [-0.4, -0.2) is 18.4 Å². The summed E-state index contributed by atoms with van der Waals surface area (Å²) in [5.74, 6) is 0.910. The number of anilines is 2. The molecule has 168 valence electrons. The summed E-state index contributed by atoms with van der Waals surface area (Å²) < 4.78 is 6.08. The second-order valence-electron chi connectivity index (χ2n) is 8.58. The Morgan fingerprint density at radius 1 is 1.03 bits per heavy atom. The topological polar surface area (TPSA) is 58.6 Å². The van der Waals surface area contributed by atoms with Crippen LogP contribution in [0.3, 0.4) is 0 Å². The molecule has 0 bridgehead atoms. The van der Waals surface area contributed by atoms with Crippen molar-refractivity contribution in [3.63, 3.8) is 0 Å². The van der Waals surface area contributed by atoms with Crippen LogP contribution >= 0.6 is 11.6 Å². The summed E-state index contributed by atoms with van der Waals surface area (Å²) in [6.07, 6.45) is 3.56. The second-order valence-corrected chi connectivity index (χ2v) is 9.02. The minimum atomic E-state index is -0.594. The average molecular weight is 461 g/mol. The standard InChI is InChI=1S/C27H25ClN2O3/c1-2-30-22-7-3-4-8-24(22)33-23-14-13-20(17-21(23)25(30)31)29-26(32)27(15-5-6-16-27)18-9-11-19(28)12-10-18/h3-4,7-14,17H,2,5-6,15-16H2,1H3,(H,29,32). The number of nitrogens with one attached hydrogen (secondary N) is 1. The molecule has 3 aromatic rings. The molecule has 0 saturated heterocycles. The number of hydrogen-bond donors (Lipinski definition) is 1. The number of rotatable bonds is 4. The van der Waals surface area contributed by atoms with Crippen LogP contribution in [0, 0.1) is 0 Å². The maximum atomic E-state index is 13.6. The van der Waals surface area contributed by atoms with Gasteiger partial charge in [-0.05, 0) is 67.8 Å². The average Bonchev–Trinajstić information content (AvgIpc) is 3.29. The van der Waals surface area contributed by atoms with Crippen molar-refractivity contribution in [2.75, 3.05) is 16.8 Å². The van der Waals surface area contributed by atoms with Crippen molar-refractivity contribution in [2.45, 2.75) is 38.0 Å². The third-order valence-corrected chi connectivity index (χ3v) is 6.95. The van der Waals surface area contributed by atoms with Crippen LogP contribution in [0.1, 0.15) is 48.5 Å². The summed E-state index contributed by atoms with van der Waals surface area (Å²) in [5, 5.41) is 3.74. The van der Waals surface area contributed by atoms with E-state index in [0.717, 1.165) is 36.9 Å². The van der Waals surface area contributed by atoms with Gasteiger partial charge in [0.05, 0.1) is 16.7 Å². The number of hydrogen-bond acceptors (Lipinski definition) is 3. The summed E-state index contributed by atoms with van der Waals surface area (Å²) in [7, 11) is 0. The molecule has 0 spiro atoms. The van der Waals surface area contributed by atoms with Crippen LogP contribution in [0.4, 0.5) is 11.4 Å². The van der Waals surface area contributed by atoms with Gasteiger partial charge in [-0.25, -0.2) is 0 Å². The molecule has 5 nitrogen and oxygen atoms in total. The van der Waals surface area contributed by atoms with Gasteiger partial charge in [-0.1, -0.05) is 48.7 Å². The molecule has 1 heterocycles. The van der Waals surface area contributed by atoms with Gasteiger partial charge in [-0.3, -0.25) is 9.59 Å². The molecule has 0 atom stereocenters. The maximum absolute atomic E-state index is 13.6. The van der Waals surface area contributed by atoms with Gasteiger partial charge >= 0.3 is 0 Å². The Balaban J connectivity index is 1.47. The molecule has 1 aliphatic heterocycles. The van der Waals surface area contributed by atoms with E-state index in [0.29, 0.717) is 34.3 Å². The molecule has 0 radical (unpaired) electrons. The molecule has 1 N–H and O–H groups in total. The molecule has 2 aliphatic rings. The number of amides is 2. The van der Waals surface area contributed by atoms with Crippen LogP contribution in [0.2, 0.25) is 5.02 Å². The molecule has 0 aromatic heterocycles. The molecule has 6 heteroatoms. The Hall–Kier alpha value is -3.31. The van der Waals surface area contributed by atoms with Crippen LogP contribution in [0.25, 0.3) is 0 Å². The second kappa shape index (κ2) is 8.56. The van der Waals surface area contributed by atoms with E-state index in [2.05, 4.69) is 5.32 Å². The van der Waals surface area contributed by atoms with Crippen LogP contribution in [0.5, 0.6) is 11.5 Å². The molecule has 3 aromatic carbocycles. The Kier molecular flexibility index (Phi) is 5.59. The zero-order valence-electron chi connectivity index (χ0n) is 18.4. The first-order chi connectivity index (χ1) is 16.0. The van der Waals surface area contributed by atoms with E-state index in [1.807, 2.05) is 55.5 Å². The Bertz CT molecular complexity index is 1220. The van der Waals surface area contributed by atoms with E-state index in [-0.39, 0.29) is 11.8 Å². The predicted molar refractivity (Wildman–Crippen MR) is 131 cm³/mol. The molecule has 5 rings (SSSR count). The summed E-state index contributed by atoms with van der Waals surface area (Å²) in [4.78, 5) is 28.6. The fraction of sp³-hybridized carbons (Fsp3) is 0.259. The predicted octanol–water partition coefficient (Wildman–Crippen LogP) is 6.56. The number of ether oxygens (including phenoxy) is 1. The van der Waals surface area contributed by atoms with Gasteiger partial charge in [-0.15, -0.1) is 0 Å². The molecular weight excluding hydrogens is 436 g/mol. The molecule has 33 heavy (non-hydrogen) atoms. The van der Waals surface area contributed by atoms with Crippen molar-refractivity contribution in [2.24, 2.45) is 0 Å². The van der Waals surface area contributed by atoms with Gasteiger partial charge in [0.2, 0.25) is 5.91 Å². The molecule has 1 fully saturated rings. The molecule has 1 aliphatic carbocycles. The van der Waals surface area contributed by atoms with Crippen molar-refractivity contribution >= 4 is 34.8 Å². The van der Waals surface area contributed by atoms with Crippen LogP contribution in [0.15, 0.2) is 66.7 Å². The van der Waals surface area contributed by atoms with Gasteiger partial charge < -0.3 is 15.0 Å². The zero-order valence-corrected chi connectivity index (χ0v) is 19.2. The number of benzene rings is 3. The monoisotopic (exact) mass is 460 g/mol. The van der Waals surface area contributed by atoms with Crippen molar-refractivity contribution in [1.29, 1.82) is 0 Å². The summed E-state index contributed by atoms with van der Waals surface area (Å²) in [6, 6.07) is 20.3. The number of carbonyl (C=O) groups excluding carboxylic acids is 2. The van der Waals surface area contributed by atoms with Crippen LogP contribution in [-0.2, 0) is 10.2 Å². The van der Waals surface area contributed by atoms with E-state index in [1.165, 1.54) is 0 Å². The number of halogens is 1. The smallest absolute Gasteiger partial charge is 0.262 e. The van der Waals surface area contributed by atoms with Crippen molar-refractivity contribution in [3.05, 3.63) is 82.9 Å². The van der Waals surface area contributed by atoms with E-state index in [4.69, 9.17) is 16.3 Å². The van der Waals surface area contributed by atoms with Gasteiger partial charge in [0, 0.05) is 17.3 Å². The Labute approximate surface area is 198 Å². The number of para-hydroxylation sites is 2. The first-order valence-corrected chi connectivity index (χ1v) is 11.7. The lowest BCUT2D eigenvalue weighted by Gasteiger charge is -2.28. The van der Waals surface area contributed by atoms with Crippen molar-refractivity contribution < 1.29 is 14.3 Å². The minimum Gasteiger partial charge on any atom is -0.454 e. The van der Waals surface area contributed by atoms with Gasteiger partial charge in [-0.2, -0.15) is 0 Å². The third kappa shape index (κ3) is 3.76. The highest BCUT2D eigenvalue weighted by atomic mass is 35.5. The van der Waals surface area contributed by atoms with Gasteiger partial charge in [0.1, 0.15) is 5.75 Å². The highest BCUT2D eigenvalue weighted by molar-refractivity contribution is 6.30. The van der Waals surface area contributed by atoms with Crippen molar-refractivity contribution in [1.82, 2.24) is 0 Å². The lowest BCUT2D eigenvalue weighted by Crippen LogP contribution is -2.38. The van der Waals surface area contributed by atoms with Gasteiger partial charge in [0.15, 0.2) is 5.75 Å². The number of fused-ring (bicyclic) bond motifs is 2. The maximum Gasteiger partial charge on any atom is 0.262 e. The van der Waals surface area contributed by atoms with E-state index in [9.17, 15) is 9.59 Å². The lowest BCUT2D eigenvalue weighted by molar-refractivity contribution is -0.121. The summed E-state index contributed by atoms with van der Waals surface area (Å²) in [6.45, 7) is 2.44. The summed E-state index contributed by atoms with van der Waals surface area (Å²) in [5.41, 5.74) is 2.13. The Morgan fingerprint density at radius 3 is 2.48 bits per heavy atom. The fourth-order valence-corrected chi connectivity index (χ4v) is 5.09. The van der Waals surface area contributed by atoms with E-state index >= 15 is 0 Å². The molecule has 0 unspecified atom stereocenters. The summed E-state index contributed by atoms with van der Waals surface area (Å²) >= 11 is 6.08. The number of nitrogens with zero attached hydrogens (tertiary/aromatic N) is 1. The largest absolute Gasteiger partial charge is 0.454 e. The lowest BCUT2D eigenvalue weighted by atomic mass is 9.78. The van der Waals surface area contributed by atoms with Gasteiger partial charge in [0.25, 0.3) is 5.91 Å². The molecule has 2 amide bonds. The Morgan fingerprint density at radius 2 is 1.76 bits per heavy atom. The normalized spacial score (nSPS) is 16.4. The first-order valence-electron chi connectivity index (χ1n) is 11.3. The van der Waals surface area contributed by atoms with Crippen molar-refractivity contribution in [3.8, 4) is 11.5 Å². The van der Waals surface area contributed by atoms with E-state index < -0.39 is 5.41 Å². The highest BCUT2D eigenvalue weighted by Gasteiger charge is 2.42.